The fourth-order valence-electron chi connectivity index (χ4n) is 6.17. The average molecular weight is 441 g/mol. The van der Waals surface area contributed by atoms with Crippen LogP contribution in [0.1, 0.15) is 127 Å². The standard InChI is InChI=1S/C31H49F/c1-2-3-4-5-6-9-27-17-21-30(22-18-27)31-23-19-29(20-24-31)16-15-28-13-11-26(12-14-28)10-7-8-25-32/h7,10,17-18,21-22,26,28-29,31H,2-6,8-9,11-16,19-20,23-25H2,1H3/b10-7+/t26-,28-,29-,31-. The van der Waals surface area contributed by atoms with Gasteiger partial charge in [-0.1, -0.05) is 81.9 Å². The Balaban J connectivity index is 1.29. The molecule has 3 rings (SSSR count). The quantitative estimate of drug-likeness (QED) is 0.211. The van der Waals surface area contributed by atoms with Gasteiger partial charge in [0, 0.05) is 0 Å². The molecule has 0 spiro atoms. The molecule has 2 fully saturated rings. The van der Waals surface area contributed by atoms with Gasteiger partial charge in [-0.05, 0) is 105 Å². The zero-order chi connectivity index (χ0) is 22.4. The normalized spacial score (nSPS) is 26.6. The molecule has 0 radical (unpaired) electrons. The second-order valence-corrected chi connectivity index (χ2v) is 10.9. The van der Waals surface area contributed by atoms with Gasteiger partial charge in [0.05, 0.1) is 6.67 Å². The maximum Gasteiger partial charge on any atom is 0.0928 e. The molecule has 0 amide bonds. The summed E-state index contributed by atoms with van der Waals surface area (Å²) in [6, 6.07) is 9.69. The first-order valence-electron chi connectivity index (χ1n) is 14.1. The molecular weight excluding hydrogens is 391 g/mol. The molecule has 0 atom stereocenters. The highest BCUT2D eigenvalue weighted by molar-refractivity contribution is 5.26. The van der Waals surface area contributed by atoms with Gasteiger partial charge in [0.15, 0.2) is 0 Å². The highest BCUT2D eigenvalue weighted by atomic mass is 19.1. The van der Waals surface area contributed by atoms with Crippen molar-refractivity contribution in [2.75, 3.05) is 6.67 Å². The summed E-state index contributed by atoms with van der Waals surface area (Å²) in [5.74, 6) is 3.45. The molecule has 2 saturated carbocycles. The lowest BCUT2D eigenvalue weighted by atomic mass is 9.74. The van der Waals surface area contributed by atoms with Crippen LogP contribution in [-0.2, 0) is 6.42 Å². The van der Waals surface area contributed by atoms with E-state index in [1.54, 1.807) is 5.56 Å². The molecule has 1 aromatic rings. The highest BCUT2D eigenvalue weighted by Crippen LogP contribution is 2.40. The van der Waals surface area contributed by atoms with Gasteiger partial charge >= 0.3 is 0 Å². The fourth-order valence-corrected chi connectivity index (χ4v) is 6.17. The van der Waals surface area contributed by atoms with Crippen molar-refractivity contribution >= 4 is 0 Å². The predicted molar refractivity (Wildman–Crippen MR) is 138 cm³/mol. The molecule has 0 aromatic heterocycles. The Kier molecular flexibility index (Phi) is 11.9. The minimum Gasteiger partial charge on any atom is -0.251 e. The number of alkyl halides is 1. The van der Waals surface area contributed by atoms with Gasteiger partial charge in [-0.15, -0.1) is 0 Å². The summed E-state index contributed by atoms with van der Waals surface area (Å²) in [5.41, 5.74) is 3.13. The maximum atomic E-state index is 12.2. The summed E-state index contributed by atoms with van der Waals surface area (Å²) in [4.78, 5) is 0. The van der Waals surface area contributed by atoms with E-state index >= 15 is 0 Å². The Morgan fingerprint density at radius 3 is 2.03 bits per heavy atom. The first kappa shape index (κ1) is 25.5. The number of halogens is 1. The van der Waals surface area contributed by atoms with Crippen LogP contribution in [0, 0.1) is 17.8 Å². The van der Waals surface area contributed by atoms with E-state index in [0.29, 0.717) is 6.42 Å². The second-order valence-electron chi connectivity index (χ2n) is 10.9. The van der Waals surface area contributed by atoms with Crippen molar-refractivity contribution in [2.45, 2.75) is 122 Å². The molecule has 2 aliphatic carbocycles. The molecule has 0 saturated heterocycles. The summed E-state index contributed by atoms with van der Waals surface area (Å²) < 4.78 is 12.2. The Morgan fingerprint density at radius 1 is 0.781 bits per heavy atom. The highest BCUT2D eigenvalue weighted by Gasteiger charge is 2.24. The van der Waals surface area contributed by atoms with Crippen molar-refractivity contribution in [3.05, 3.63) is 47.5 Å². The van der Waals surface area contributed by atoms with Gasteiger partial charge in [0.1, 0.15) is 0 Å². The van der Waals surface area contributed by atoms with Crippen LogP contribution in [-0.4, -0.2) is 6.67 Å². The van der Waals surface area contributed by atoms with E-state index in [4.69, 9.17) is 0 Å². The first-order valence-corrected chi connectivity index (χ1v) is 14.1. The topological polar surface area (TPSA) is 0 Å². The molecule has 0 nitrogen and oxygen atoms in total. The molecule has 32 heavy (non-hydrogen) atoms. The van der Waals surface area contributed by atoms with E-state index in [2.05, 4.69) is 43.3 Å². The molecular formula is C31H49F. The lowest BCUT2D eigenvalue weighted by molar-refractivity contribution is 0.246. The summed E-state index contributed by atoms with van der Waals surface area (Å²) in [7, 11) is 0. The van der Waals surface area contributed by atoms with Crippen LogP contribution >= 0.6 is 0 Å². The van der Waals surface area contributed by atoms with E-state index in [9.17, 15) is 4.39 Å². The monoisotopic (exact) mass is 440 g/mol. The smallest absolute Gasteiger partial charge is 0.0928 e. The van der Waals surface area contributed by atoms with Gasteiger partial charge in [-0.25, -0.2) is 0 Å². The van der Waals surface area contributed by atoms with Crippen LogP contribution in [0.3, 0.4) is 0 Å². The van der Waals surface area contributed by atoms with Crippen LogP contribution in [0.25, 0.3) is 0 Å². The van der Waals surface area contributed by atoms with E-state index in [1.807, 2.05) is 0 Å². The van der Waals surface area contributed by atoms with Crippen molar-refractivity contribution in [1.29, 1.82) is 0 Å². The fraction of sp³-hybridized carbons (Fsp3) is 0.742. The van der Waals surface area contributed by atoms with Crippen LogP contribution < -0.4 is 0 Å². The number of aryl methyl sites for hydroxylation is 1. The number of hydrogen-bond acceptors (Lipinski definition) is 0. The van der Waals surface area contributed by atoms with Gasteiger partial charge in [-0.2, -0.15) is 0 Å². The molecule has 0 bridgehead atoms. The zero-order valence-corrected chi connectivity index (χ0v) is 20.9. The summed E-state index contributed by atoms with van der Waals surface area (Å²) in [6.07, 6.45) is 27.1. The van der Waals surface area contributed by atoms with E-state index in [0.717, 1.165) is 23.7 Å². The third-order valence-corrected chi connectivity index (χ3v) is 8.43. The third-order valence-electron chi connectivity index (χ3n) is 8.43. The average Bonchev–Trinajstić information content (AvgIpc) is 2.84. The lowest BCUT2D eigenvalue weighted by Crippen LogP contribution is -2.17. The molecule has 2 aliphatic rings. The molecule has 1 heteroatoms. The maximum absolute atomic E-state index is 12.2. The minimum absolute atomic E-state index is 0.210. The number of benzene rings is 1. The number of hydrogen-bond donors (Lipinski definition) is 0. The van der Waals surface area contributed by atoms with Gasteiger partial charge in [0.25, 0.3) is 0 Å². The van der Waals surface area contributed by atoms with Crippen LogP contribution in [0.15, 0.2) is 36.4 Å². The van der Waals surface area contributed by atoms with Crippen molar-refractivity contribution < 1.29 is 4.39 Å². The predicted octanol–water partition coefficient (Wildman–Crippen LogP) is 9.98. The van der Waals surface area contributed by atoms with Crippen molar-refractivity contribution in [3.63, 3.8) is 0 Å². The van der Waals surface area contributed by atoms with Crippen molar-refractivity contribution in [2.24, 2.45) is 17.8 Å². The van der Waals surface area contributed by atoms with Crippen molar-refractivity contribution in [1.82, 2.24) is 0 Å². The zero-order valence-electron chi connectivity index (χ0n) is 20.9. The second kappa shape index (κ2) is 14.9. The summed E-state index contributed by atoms with van der Waals surface area (Å²) in [6.45, 7) is 2.08. The third kappa shape index (κ3) is 9.03. The van der Waals surface area contributed by atoms with Gasteiger partial charge in [0.2, 0.25) is 0 Å². The Hall–Kier alpha value is -1.11. The Labute approximate surface area is 198 Å². The van der Waals surface area contributed by atoms with Crippen LogP contribution in [0.5, 0.6) is 0 Å². The van der Waals surface area contributed by atoms with E-state index in [1.165, 1.54) is 108 Å². The number of rotatable bonds is 13. The molecule has 1 aromatic carbocycles. The SMILES string of the molecule is CCCCCCCc1ccc([C@H]2CC[C@H](CC[C@H]3CC[C@H](/C=C/CCF)CC3)CC2)cc1. The van der Waals surface area contributed by atoms with E-state index < -0.39 is 0 Å². The first-order chi connectivity index (χ1) is 15.8. The van der Waals surface area contributed by atoms with Gasteiger partial charge < -0.3 is 0 Å². The summed E-state index contributed by atoms with van der Waals surface area (Å²) >= 11 is 0. The van der Waals surface area contributed by atoms with Crippen LogP contribution in [0.4, 0.5) is 4.39 Å². The number of allylic oxidation sites excluding steroid dienone is 2. The summed E-state index contributed by atoms with van der Waals surface area (Å²) in [5, 5.41) is 0. The van der Waals surface area contributed by atoms with Gasteiger partial charge in [-0.3, -0.25) is 4.39 Å². The lowest BCUT2D eigenvalue weighted by Gasteiger charge is -2.31. The van der Waals surface area contributed by atoms with Crippen molar-refractivity contribution in [3.8, 4) is 0 Å². The molecule has 0 aliphatic heterocycles. The minimum atomic E-state index is -0.210. The Morgan fingerprint density at radius 2 is 1.41 bits per heavy atom. The number of unbranched alkanes of at least 4 members (excludes halogenated alkanes) is 4. The van der Waals surface area contributed by atoms with Crippen LogP contribution in [0.2, 0.25) is 0 Å². The molecule has 0 N–H and O–H groups in total. The van der Waals surface area contributed by atoms with E-state index in [-0.39, 0.29) is 6.67 Å². The molecule has 0 heterocycles. The largest absolute Gasteiger partial charge is 0.251 e. The molecule has 180 valence electrons. The Bertz CT molecular complexity index is 614. The molecule has 0 unspecified atom stereocenters.